The Labute approximate surface area is 202 Å². The van der Waals surface area contributed by atoms with Gasteiger partial charge in [0.25, 0.3) is 5.56 Å². The number of rotatable bonds is 6. The fourth-order valence-electron chi connectivity index (χ4n) is 4.85. The number of carbonyl (C=O) groups excluding carboxylic acids is 1. The van der Waals surface area contributed by atoms with Crippen molar-refractivity contribution < 1.29 is 4.79 Å². The van der Waals surface area contributed by atoms with Gasteiger partial charge in [-0.1, -0.05) is 48.9 Å². The highest BCUT2D eigenvalue weighted by molar-refractivity contribution is 6.31. The topological polar surface area (TPSA) is 81.3 Å². The van der Waals surface area contributed by atoms with Crippen molar-refractivity contribution in [3.63, 3.8) is 0 Å². The van der Waals surface area contributed by atoms with Gasteiger partial charge in [0.2, 0.25) is 11.7 Å². The minimum absolute atomic E-state index is 0.0324. The molecular formula is C26H28ClN5O2. The molecule has 4 aromatic rings. The lowest BCUT2D eigenvalue weighted by Gasteiger charge is -2.26. The second-order valence-corrected chi connectivity index (χ2v) is 9.68. The van der Waals surface area contributed by atoms with Crippen molar-refractivity contribution in [1.82, 2.24) is 24.5 Å². The molecule has 176 valence electrons. The van der Waals surface area contributed by atoms with Crippen LogP contribution in [-0.4, -0.2) is 31.1 Å². The van der Waals surface area contributed by atoms with E-state index in [-0.39, 0.29) is 24.1 Å². The van der Waals surface area contributed by atoms with Crippen LogP contribution in [0.3, 0.4) is 0 Å². The van der Waals surface area contributed by atoms with Crippen LogP contribution in [0.5, 0.6) is 0 Å². The van der Waals surface area contributed by atoms with E-state index in [4.69, 9.17) is 11.6 Å². The van der Waals surface area contributed by atoms with Crippen LogP contribution >= 0.6 is 11.6 Å². The maximum absolute atomic E-state index is 13.4. The van der Waals surface area contributed by atoms with Crippen LogP contribution in [0.15, 0.2) is 53.3 Å². The van der Waals surface area contributed by atoms with Gasteiger partial charge in [0.05, 0.1) is 17.4 Å². The van der Waals surface area contributed by atoms with Gasteiger partial charge in [0.1, 0.15) is 5.82 Å². The normalized spacial score (nSPS) is 18.4. The summed E-state index contributed by atoms with van der Waals surface area (Å²) in [6.45, 7) is 2.55. The smallest absolute Gasteiger partial charge is 0.263 e. The molecule has 2 aromatic heterocycles. The Bertz CT molecular complexity index is 1400. The van der Waals surface area contributed by atoms with Crippen LogP contribution in [-0.2, 0) is 17.8 Å². The molecule has 5 rings (SSSR count). The molecule has 0 unspecified atom stereocenters. The first-order valence-electron chi connectivity index (χ1n) is 11.9. The third-order valence-electron chi connectivity index (χ3n) is 6.82. The summed E-state index contributed by atoms with van der Waals surface area (Å²) in [4.78, 5) is 26.0. The maximum atomic E-state index is 13.4. The zero-order valence-corrected chi connectivity index (χ0v) is 20.0. The van der Waals surface area contributed by atoms with E-state index in [0.717, 1.165) is 42.7 Å². The number of nitrogens with zero attached hydrogens (tertiary/aromatic N) is 4. The molecule has 0 atom stereocenters. The molecule has 1 saturated carbocycles. The van der Waals surface area contributed by atoms with E-state index in [9.17, 15) is 9.59 Å². The molecule has 2 aromatic carbocycles. The summed E-state index contributed by atoms with van der Waals surface area (Å²) in [7, 11) is 0. The molecule has 0 spiro atoms. The van der Waals surface area contributed by atoms with E-state index in [1.807, 2.05) is 40.8 Å². The summed E-state index contributed by atoms with van der Waals surface area (Å²) in [5.41, 5.74) is 1.42. The van der Waals surface area contributed by atoms with E-state index in [1.54, 1.807) is 16.7 Å². The van der Waals surface area contributed by atoms with Crippen LogP contribution in [0.4, 0.5) is 0 Å². The number of halogens is 1. The number of aromatic nitrogens is 4. The molecule has 0 radical (unpaired) electrons. The number of nitrogens with one attached hydrogen (secondary N) is 1. The van der Waals surface area contributed by atoms with Gasteiger partial charge in [-0.2, -0.15) is 0 Å². The molecule has 0 saturated heterocycles. The van der Waals surface area contributed by atoms with Crippen molar-refractivity contribution in [2.24, 2.45) is 5.92 Å². The summed E-state index contributed by atoms with van der Waals surface area (Å²) in [5, 5.41) is 13.1. The third-order valence-corrected chi connectivity index (χ3v) is 7.19. The van der Waals surface area contributed by atoms with Gasteiger partial charge >= 0.3 is 0 Å². The second kappa shape index (κ2) is 9.58. The maximum Gasteiger partial charge on any atom is 0.263 e. The van der Waals surface area contributed by atoms with Crippen LogP contribution in [0, 0.1) is 5.92 Å². The summed E-state index contributed by atoms with van der Waals surface area (Å²) in [6.07, 6.45) is 5.16. The summed E-state index contributed by atoms with van der Waals surface area (Å²) >= 11 is 6.37. The van der Waals surface area contributed by atoms with Crippen LogP contribution < -0.4 is 10.9 Å². The molecule has 1 N–H and O–H groups in total. The van der Waals surface area contributed by atoms with Gasteiger partial charge in [-0.15, -0.1) is 10.2 Å². The number of para-hydroxylation sites is 1. The lowest BCUT2D eigenvalue weighted by molar-refractivity contribution is -0.122. The van der Waals surface area contributed by atoms with Gasteiger partial charge in [0.15, 0.2) is 0 Å². The highest BCUT2D eigenvalue weighted by Gasteiger charge is 2.21. The largest absolute Gasteiger partial charge is 0.353 e. The minimum atomic E-state index is -0.147. The summed E-state index contributed by atoms with van der Waals surface area (Å²) < 4.78 is 3.49. The summed E-state index contributed by atoms with van der Waals surface area (Å²) in [5.74, 6) is 1.88. The Morgan fingerprint density at radius 2 is 1.79 bits per heavy atom. The molecule has 1 aliphatic rings. The van der Waals surface area contributed by atoms with Gasteiger partial charge < -0.3 is 5.32 Å². The van der Waals surface area contributed by atoms with Crippen molar-refractivity contribution >= 4 is 34.2 Å². The Kier molecular flexibility index (Phi) is 6.37. The zero-order valence-electron chi connectivity index (χ0n) is 19.2. The highest BCUT2D eigenvalue weighted by Crippen LogP contribution is 2.24. The number of hydrogen-bond donors (Lipinski definition) is 1. The van der Waals surface area contributed by atoms with Crippen molar-refractivity contribution in [3.8, 4) is 0 Å². The molecule has 34 heavy (non-hydrogen) atoms. The number of fused-ring (bicyclic) bond motifs is 3. The van der Waals surface area contributed by atoms with Crippen molar-refractivity contribution in [2.75, 3.05) is 0 Å². The summed E-state index contributed by atoms with van der Waals surface area (Å²) in [6, 6.07) is 15.2. The van der Waals surface area contributed by atoms with Gasteiger partial charge in [0, 0.05) is 23.9 Å². The molecule has 8 heteroatoms. The zero-order chi connectivity index (χ0) is 23.7. The average molecular weight is 478 g/mol. The molecule has 1 amide bonds. The third kappa shape index (κ3) is 4.44. The molecule has 2 heterocycles. The predicted octanol–water partition coefficient (Wildman–Crippen LogP) is 4.37. The lowest BCUT2D eigenvalue weighted by atomic mass is 9.87. The molecule has 0 aliphatic heterocycles. The standard InChI is InChI=1S/C26H28ClN5O2/c1-17-10-12-19(13-11-17)28-24(33)15-14-23-29-30-26-31(16-18-6-2-4-8-21(18)27)25(34)20-7-3-5-9-22(20)32(23)26/h2-9,17,19H,10-16H2,1H3,(H,28,33). The molecule has 1 aliphatic carbocycles. The number of hydrogen-bond acceptors (Lipinski definition) is 4. The SMILES string of the molecule is CC1CCC(NC(=O)CCc2nnc3n(Cc4ccccc4Cl)c(=O)c4ccccc4n23)CC1. The number of amides is 1. The van der Waals surface area contributed by atoms with E-state index >= 15 is 0 Å². The first kappa shape index (κ1) is 22.6. The van der Waals surface area contributed by atoms with E-state index in [1.165, 1.54) is 0 Å². The second-order valence-electron chi connectivity index (χ2n) is 9.28. The predicted molar refractivity (Wildman–Crippen MR) is 133 cm³/mol. The van der Waals surface area contributed by atoms with E-state index in [2.05, 4.69) is 22.4 Å². The molecular weight excluding hydrogens is 450 g/mol. The van der Waals surface area contributed by atoms with Crippen molar-refractivity contribution in [3.05, 3.63) is 75.3 Å². The van der Waals surface area contributed by atoms with Gasteiger partial charge in [-0.05, 0) is 55.4 Å². The van der Waals surface area contributed by atoms with Crippen molar-refractivity contribution in [2.45, 2.75) is 58.0 Å². The monoisotopic (exact) mass is 477 g/mol. The van der Waals surface area contributed by atoms with Gasteiger partial charge in [-0.3, -0.25) is 18.6 Å². The van der Waals surface area contributed by atoms with Crippen LogP contribution in [0.25, 0.3) is 16.7 Å². The first-order valence-corrected chi connectivity index (χ1v) is 12.3. The Balaban J connectivity index is 1.46. The Morgan fingerprint density at radius 1 is 1.06 bits per heavy atom. The molecule has 1 fully saturated rings. The quantitative estimate of drug-likeness (QED) is 0.447. The molecule has 0 bridgehead atoms. The molecule has 7 nitrogen and oxygen atoms in total. The minimum Gasteiger partial charge on any atom is -0.353 e. The fourth-order valence-corrected chi connectivity index (χ4v) is 5.04. The Morgan fingerprint density at radius 3 is 2.59 bits per heavy atom. The first-order chi connectivity index (χ1) is 16.5. The number of carbonyl (C=O) groups is 1. The average Bonchev–Trinajstić information content (AvgIpc) is 3.27. The van der Waals surface area contributed by atoms with Crippen LogP contribution in [0.2, 0.25) is 5.02 Å². The van der Waals surface area contributed by atoms with Crippen molar-refractivity contribution in [1.29, 1.82) is 0 Å². The van der Waals surface area contributed by atoms with E-state index < -0.39 is 0 Å². The van der Waals surface area contributed by atoms with E-state index in [0.29, 0.717) is 34.9 Å². The Hall–Kier alpha value is -3.19. The van der Waals surface area contributed by atoms with Gasteiger partial charge in [-0.25, -0.2) is 0 Å². The van der Waals surface area contributed by atoms with Crippen LogP contribution in [0.1, 0.15) is 50.4 Å². The number of benzene rings is 2. The lowest BCUT2D eigenvalue weighted by Crippen LogP contribution is -2.37. The highest BCUT2D eigenvalue weighted by atomic mass is 35.5. The number of aryl methyl sites for hydroxylation is 1. The fraction of sp³-hybridized carbons (Fsp3) is 0.385.